The van der Waals surface area contributed by atoms with E-state index < -0.39 is 23.8 Å². The van der Waals surface area contributed by atoms with Gasteiger partial charge in [-0.15, -0.1) is 5.10 Å². The number of nitrogens with zero attached hydrogens (tertiary/aromatic N) is 4. The number of anilines is 2. The predicted molar refractivity (Wildman–Crippen MR) is 142 cm³/mol. The molecule has 5 rings (SSSR count). The third-order valence-corrected chi connectivity index (χ3v) is 5.93. The molecule has 2 aromatic heterocycles. The van der Waals surface area contributed by atoms with Gasteiger partial charge in [0.05, 0.1) is 22.4 Å². The minimum Gasteiger partial charge on any atom is -0.336 e. The second-order valence-electron chi connectivity index (χ2n) is 8.41. The zero-order chi connectivity index (χ0) is 27.4. The summed E-state index contributed by atoms with van der Waals surface area (Å²) in [5.74, 6) is -2.63. The lowest BCUT2D eigenvalue weighted by atomic mass is 10.0. The van der Waals surface area contributed by atoms with Crippen LogP contribution in [0.1, 0.15) is 5.56 Å². The van der Waals surface area contributed by atoms with Crippen LogP contribution in [0, 0.1) is 0 Å². The van der Waals surface area contributed by atoms with E-state index in [0.717, 1.165) is 5.56 Å². The SMILES string of the molecule is O=C(Nc1cc(Cl)ccc1-n1cnnn1)C(=O)N[C@@H](Cc1ccccc1)C(=O)Nc1ccc2[nH]c(=O)[nH]c2c1. The standard InChI is InChI=1S/C25H20ClN9O4/c26-15-6-9-21(35-13-27-33-34-35)19(11-15)29-23(37)24(38)30-20(10-14-4-2-1-3-5-14)22(36)28-16-7-8-17-18(12-16)32-25(39)31-17/h1-9,11-13,20H,10H2,(H,28,36)(H,29,37)(H,30,38)(H2,31,32,39)/t20-/m0/s1. The Balaban J connectivity index is 1.34. The van der Waals surface area contributed by atoms with Crippen LogP contribution < -0.4 is 21.6 Å². The molecule has 0 spiro atoms. The molecule has 5 N–H and O–H groups in total. The van der Waals surface area contributed by atoms with E-state index in [1.807, 2.05) is 6.07 Å². The Kier molecular flexibility index (Phi) is 7.14. The Morgan fingerprint density at radius 3 is 2.49 bits per heavy atom. The highest BCUT2D eigenvalue weighted by Gasteiger charge is 2.26. The van der Waals surface area contributed by atoms with Gasteiger partial charge in [0.15, 0.2) is 0 Å². The van der Waals surface area contributed by atoms with Gasteiger partial charge in [-0.05, 0) is 52.4 Å². The first-order chi connectivity index (χ1) is 18.9. The number of hydrogen-bond donors (Lipinski definition) is 5. The van der Waals surface area contributed by atoms with Gasteiger partial charge in [0, 0.05) is 17.1 Å². The Morgan fingerprint density at radius 2 is 1.72 bits per heavy atom. The second kappa shape index (κ2) is 11.0. The average molecular weight is 546 g/mol. The molecule has 3 amide bonds. The van der Waals surface area contributed by atoms with E-state index in [1.165, 1.54) is 17.1 Å². The molecule has 0 unspecified atom stereocenters. The Labute approximate surface area is 224 Å². The Hall–Kier alpha value is -5.30. The number of carbonyl (C=O) groups excluding carboxylic acids is 3. The van der Waals surface area contributed by atoms with Crippen LogP contribution in [0.5, 0.6) is 0 Å². The van der Waals surface area contributed by atoms with E-state index in [2.05, 4.69) is 41.4 Å². The highest BCUT2D eigenvalue weighted by molar-refractivity contribution is 6.40. The van der Waals surface area contributed by atoms with Crippen molar-refractivity contribution in [1.29, 1.82) is 0 Å². The molecule has 0 aliphatic heterocycles. The molecule has 196 valence electrons. The number of amides is 3. The molecule has 0 aliphatic rings. The predicted octanol–water partition coefficient (Wildman–Crippen LogP) is 1.79. The number of aromatic nitrogens is 6. The first kappa shape index (κ1) is 25.4. The topological polar surface area (TPSA) is 180 Å². The maximum absolute atomic E-state index is 13.2. The van der Waals surface area contributed by atoms with Crippen molar-refractivity contribution in [1.82, 2.24) is 35.5 Å². The highest BCUT2D eigenvalue weighted by atomic mass is 35.5. The van der Waals surface area contributed by atoms with E-state index >= 15 is 0 Å². The number of hydrogen-bond acceptors (Lipinski definition) is 7. The lowest BCUT2D eigenvalue weighted by Crippen LogP contribution is -2.49. The number of halogens is 1. The van der Waals surface area contributed by atoms with Gasteiger partial charge in [0.1, 0.15) is 12.4 Å². The summed E-state index contributed by atoms with van der Waals surface area (Å²) < 4.78 is 1.30. The molecule has 0 saturated heterocycles. The van der Waals surface area contributed by atoms with Crippen molar-refractivity contribution in [2.75, 3.05) is 10.6 Å². The summed E-state index contributed by atoms with van der Waals surface area (Å²) in [6.07, 6.45) is 1.43. The van der Waals surface area contributed by atoms with Crippen LogP contribution >= 0.6 is 11.6 Å². The Bertz CT molecular complexity index is 1710. The molecule has 13 nitrogen and oxygen atoms in total. The number of nitrogens with one attached hydrogen (secondary N) is 5. The van der Waals surface area contributed by atoms with Crippen molar-refractivity contribution < 1.29 is 14.4 Å². The molecular formula is C25H20ClN9O4. The minimum absolute atomic E-state index is 0.113. The third kappa shape index (κ3) is 5.99. The number of rotatable bonds is 7. The van der Waals surface area contributed by atoms with E-state index in [9.17, 15) is 19.2 Å². The van der Waals surface area contributed by atoms with Crippen LogP contribution in [-0.2, 0) is 20.8 Å². The monoisotopic (exact) mass is 545 g/mol. The zero-order valence-corrected chi connectivity index (χ0v) is 20.8. The van der Waals surface area contributed by atoms with Crippen molar-refractivity contribution in [2.45, 2.75) is 12.5 Å². The molecule has 1 atom stereocenters. The fraction of sp³-hybridized carbons (Fsp3) is 0.0800. The van der Waals surface area contributed by atoms with Crippen molar-refractivity contribution in [3.63, 3.8) is 0 Å². The second-order valence-corrected chi connectivity index (χ2v) is 8.85. The van der Waals surface area contributed by atoms with Crippen molar-refractivity contribution in [3.8, 4) is 5.69 Å². The van der Waals surface area contributed by atoms with E-state index in [-0.39, 0.29) is 17.8 Å². The van der Waals surface area contributed by atoms with Crippen molar-refractivity contribution in [3.05, 3.63) is 94.1 Å². The Morgan fingerprint density at radius 1 is 0.923 bits per heavy atom. The van der Waals surface area contributed by atoms with E-state index in [1.54, 1.807) is 54.6 Å². The molecule has 0 aliphatic carbocycles. The summed E-state index contributed by atoms with van der Waals surface area (Å²) in [6.45, 7) is 0. The molecule has 14 heteroatoms. The number of carbonyl (C=O) groups is 3. The fourth-order valence-corrected chi connectivity index (χ4v) is 4.05. The van der Waals surface area contributed by atoms with Crippen LogP contribution in [0.3, 0.4) is 0 Å². The zero-order valence-electron chi connectivity index (χ0n) is 20.0. The summed E-state index contributed by atoms with van der Waals surface area (Å²) in [5, 5.41) is 19.0. The van der Waals surface area contributed by atoms with E-state index in [0.29, 0.717) is 27.4 Å². The molecular weight excluding hydrogens is 526 g/mol. The van der Waals surface area contributed by atoms with Crippen molar-refractivity contribution >= 4 is 51.7 Å². The van der Waals surface area contributed by atoms with Crippen LogP contribution in [0.2, 0.25) is 5.02 Å². The van der Waals surface area contributed by atoms with Gasteiger partial charge in [-0.2, -0.15) is 4.68 Å². The minimum atomic E-state index is -1.11. The molecule has 3 aromatic carbocycles. The quantitative estimate of drug-likeness (QED) is 0.193. The summed E-state index contributed by atoms with van der Waals surface area (Å²) in [5.41, 5.74) is 2.42. The smallest absolute Gasteiger partial charge is 0.323 e. The number of H-pyrrole nitrogens is 2. The normalized spacial score (nSPS) is 11.6. The highest BCUT2D eigenvalue weighted by Crippen LogP contribution is 2.24. The van der Waals surface area contributed by atoms with Crippen molar-refractivity contribution in [2.24, 2.45) is 0 Å². The number of aromatic amines is 2. The maximum atomic E-state index is 13.2. The van der Waals surface area contributed by atoms with Gasteiger partial charge in [-0.1, -0.05) is 41.9 Å². The van der Waals surface area contributed by atoms with Crippen LogP contribution in [0.25, 0.3) is 16.7 Å². The van der Waals surface area contributed by atoms with Gasteiger partial charge >= 0.3 is 17.5 Å². The van der Waals surface area contributed by atoms with Gasteiger partial charge in [0.2, 0.25) is 5.91 Å². The number of tetrazole rings is 1. The molecule has 39 heavy (non-hydrogen) atoms. The van der Waals surface area contributed by atoms with Gasteiger partial charge in [0.25, 0.3) is 0 Å². The summed E-state index contributed by atoms with van der Waals surface area (Å²) in [6, 6.07) is 17.3. The molecule has 0 bridgehead atoms. The van der Waals surface area contributed by atoms with Gasteiger partial charge < -0.3 is 25.9 Å². The molecule has 5 aromatic rings. The lowest BCUT2D eigenvalue weighted by molar-refractivity contribution is -0.137. The van der Waals surface area contributed by atoms with Crippen LogP contribution in [0.15, 0.2) is 77.9 Å². The number of benzene rings is 3. The lowest BCUT2D eigenvalue weighted by Gasteiger charge is -2.19. The average Bonchev–Trinajstić information content (AvgIpc) is 3.58. The third-order valence-electron chi connectivity index (χ3n) is 5.70. The summed E-state index contributed by atoms with van der Waals surface area (Å²) >= 11 is 6.08. The summed E-state index contributed by atoms with van der Waals surface area (Å²) in [4.78, 5) is 55.9. The largest absolute Gasteiger partial charge is 0.336 e. The molecule has 2 heterocycles. The first-order valence-electron chi connectivity index (χ1n) is 11.6. The van der Waals surface area contributed by atoms with Gasteiger partial charge in [-0.25, -0.2) is 4.79 Å². The number of imidazole rings is 1. The van der Waals surface area contributed by atoms with Crippen LogP contribution in [-0.4, -0.2) is 53.9 Å². The van der Waals surface area contributed by atoms with Gasteiger partial charge in [-0.3, -0.25) is 14.4 Å². The molecule has 0 fully saturated rings. The fourth-order valence-electron chi connectivity index (χ4n) is 3.88. The maximum Gasteiger partial charge on any atom is 0.323 e. The number of fused-ring (bicyclic) bond motifs is 1. The van der Waals surface area contributed by atoms with E-state index in [4.69, 9.17) is 11.6 Å². The summed E-state index contributed by atoms with van der Waals surface area (Å²) in [7, 11) is 0. The molecule has 0 radical (unpaired) electrons. The molecule has 0 saturated carbocycles. The first-order valence-corrected chi connectivity index (χ1v) is 11.9. The van der Waals surface area contributed by atoms with Crippen LogP contribution in [0.4, 0.5) is 11.4 Å².